The van der Waals surface area contributed by atoms with Crippen molar-refractivity contribution < 1.29 is 22.1 Å². The molecule has 0 aliphatic heterocycles. The lowest BCUT2D eigenvalue weighted by molar-refractivity contribution is 0.208. The molecule has 3 aromatic rings. The third-order valence-electron chi connectivity index (χ3n) is 4.22. The van der Waals surface area contributed by atoms with E-state index in [1.807, 2.05) is 0 Å². The zero-order valence-electron chi connectivity index (χ0n) is 17.3. The fraction of sp³-hybridized carbons (Fsp3) is 0.158. The lowest BCUT2D eigenvalue weighted by Gasteiger charge is -2.26. The van der Waals surface area contributed by atoms with Gasteiger partial charge in [0.25, 0.3) is 5.56 Å². The van der Waals surface area contributed by atoms with E-state index in [2.05, 4.69) is 10.3 Å². The summed E-state index contributed by atoms with van der Waals surface area (Å²) in [6, 6.07) is 2.91. The molecule has 1 heterocycles. The zero-order valence-corrected chi connectivity index (χ0v) is 15.1. The number of urea groups is 1. The lowest BCUT2D eigenvalue weighted by Crippen LogP contribution is -2.34. The van der Waals surface area contributed by atoms with E-state index in [0.717, 1.165) is 30.5 Å². The Hall–Kier alpha value is -3.00. The van der Waals surface area contributed by atoms with Crippen LogP contribution in [-0.4, -0.2) is 22.9 Å². The average Bonchev–Trinajstić information content (AvgIpc) is 2.66. The molecule has 2 amide bonds. The fourth-order valence-electron chi connectivity index (χ4n) is 2.72. The van der Waals surface area contributed by atoms with E-state index in [1.54, 1.807) is 0 Å². The SMILES string of the molecule is [2H]C([2H])([2H])N(C(=O)Nc1ccc(F)c(Cl)c1)C(C)c1c[nH]c(=O)c2c(F)c(F)ccc12. The number of aromatic nitrogens is 1. The molecular formula is C19H15ClF3N3O2. The first kappa shape index (κ1) is 16.0. The summed E-state index contributed by atoms with van der Waals surface area (Å²) in [7, 11) is 0. The van der Waals surface area contributed by atoms with Crippen LogP contribution in [0.2, 0.25) is 5.02 Å². The Bertz CT molecular complexity index is 1230. The Morgan fingerprint density at radius 2 is 1.96 bits per heavy atom. The Kier molecular flexibility index (Phi) is 4.32. The zero-order chi connectivity index (χ0) is 23.1. The van der Waals surface area contributed by atoms with Gasteiger partial charge in [0.1, 0.15) is 5.82 Å². The van der Waals surface area contributed by atoms with Gasteiger partial charge in [0, 0.05) is 23.0 Å². The van der Waals surface area contributed by atoms with Crippen molar-refractivity contribution in [2.45, 2.75) is 13.0 Å². The Morgan fingerprint density at radius 3 is 2.64 bits per heavy atom. The molecule has 5 nitrogen and oxygen atoms in total. The second-order valence-corrected chi connectivity index (χ2v) is 6.37. The van der Waals surface area contributed by atoms with Crippen molar-refractivity contribution in [3.8, 4) is 0 Å². The number of anilines is 1. The Morgan fingerprint density at radius 1 is 1.25 bits per heavy atom. The first-order valence-electron chi connectivity index (χ1n) is 9.46. The molecule has 2 aromatic carbocycles. The number of fused-ring (bicyclic) bond motifs is 1. The number of H-pyrrole nitrogens is 1. The molecule has 2 N–H and O–H groups in total. The molecule has 1 atom stereocenters. The van der Waals surface area contributed by atoms with Crippen LogP contribution < -0.4 is 10.9 Å². The molecule has 0 aliphatic carbocycles. The molecule has 0 radical (unpaired) electrons. The highest BCUT2D eigenvalue weighted by Crippen LogP contribution is 2.28. The van der Waals surface area contributed by atoms with Crippen molar-refractivity contribution in [2.24, 2.45) is 0 Å². The molecule has 1 aromatic heterocycles. The van der Waals surface area contributed by atoms with Crippen LogP contribution in [0.5, 0.6) is 0 Å². The topological polar surface area (TPSA) is 65.2 Å². The standard InChI is InChI=1S/C19H15ClF3N3O2/c1-9(26(2)19(28)25-10-3-5-14(21)13(20)7-10)12-8-24-18(27)16-11(12)4-6-15(22)17(16)23/h3-9H,1-2H3,(H,24,27)(H,25,28)/i2D3. The number of rotatable bonds is 3. The van der Waals surface area contributed by atoms with Crippen LogP contribution in [0.25, 0.3) is 10.8 Å². The van der Waals surface area contributed by atoms with Gasteiger partial charge in [-0.05, 0) is 42.1 Å². The first-order chi connectivity index (χ1) is 14.4. The predicted octanol–water partition coefficient (Wildman–Crippen LogP) is 4.82. The van der Waals surface area contributed by atoms with Gasteiger partial charge in [-0.2, -0.15) is 0 Å². The van der Waals surface area contributed by atoms with Gasteiger partial charge in [-0.15, -0.1) is 0 Å². The maximum atomic E-state index is 14.2. The minimum atomic E-state index is -2.96. The number of nitrogens with zero attached hydrogens (tertiary/aromatic N) is 1. The van der Waals surface area contributed by atoms with Crippen LogP contribution in [0.1, 0.15) is 22.6 Å². The van der Waals surface area contributed by atoms with E-state index < -0.39 is 47.4 Å². The molecule has 0 bridgehead atoms. The number of carbonyl (C=O) groups is 1. The van der Waals surface area contributed by atoms with E-state index in [1.165, 1.54) is 13.0 Å². The van der Waals surface area contributed by atoms with E-state index in [4.69, 9.17) is 15.7 Å². The largest absolute Gasteiger partial charge is 0.328 e. The van der Waals surface area contributed by atoms with E-state index in [0.29, 0.717) is 4.90 Å². The summed E-state index contributed by atoms with van der Waals surface area (Å²) < 4.78 is 64.5. The molecule has 0 fully saturated rings. The highest BCUT2D eigenvalue weighted by Gasteiger charge is 2.22. The summed E-state index contributed by atoms with van der Waals surface area (Å²) in [4.78, 5) is 27.5. The number of hydrogen-bond acceptors (Lipinski definition) is 2. The van der Waals surface area contributed by atoms with Gasteiger partial charge in [-0.25, -0.2) is 18.0 Å². The number of nitrogens with one attached hydrogen (secondary N) is 2. The lowest BCUT2D eigenvalue weighted by atomic mass is 10.0. The van der Waals surface area contributed by atoms with Crippen molar-refractivity contribution in [1.29, 1.82) is 0 Å². The summed E-state index contributed by atoms with van der Waals surface area (Å²) in [5.74, 6) is -3.37. The van der Waals surface area contributed by atoms with Crippen LogP contribution in [0.3, 0.4) is 0 Å². The number of halogens is 4. The summed E-state index contributed by atoms with van der Waals surface area (Å²) >= 11 is 5.68. The van der Waals surface area contributed by atoms with Gasteiger partial charge in [0.15, 0.2) is 11.6 Å². The summed E-state index contributed by atoms with van der Waals surface area (Å²) in [6.07, 6.45) is 1.13. The maximum absolute atomic E-state index is 14.2. The monoisotopic (exact) mass is 412 g/mol. The van der Waals surface area contributed by atoms with Gasteiger partial charge in [-0.1, -0.05) is 17.7 Å². The van der Waals surface area contributed by atoms with Crippen LogP contribution in [0, 0.1) is 17.5 Å². The van der Waals surface area contributed by atoms with Gasteiger partial charge < -0.3 is 15.2 Å². The Labute approximate surface area is 166 Å². The minimum Gasteiger partial charge on any atom is -0.328 e. The smallest absolute Gasteiger partial charge is 0.322 e. The Balaban J connectivity index is 2.07. The molecule has 0 aliphatic rings. The molecule has 9 heteroatoms. The van der Waals surface area contributed by atoms with Crippen molar-refractivity contribution in [2.75, 3.05) is 12.3 Å². The number of carbonyl (C=O) groups excluding carboxylic acids is 1. The summed E-state index contributed by atoms with van der Waals surface area (Å²) in [5, 5.41) is 1.38. The van der Waals surface area contributed by atoms with Gasteiger partial charge in [0.05, 0.1) is 16.5 Å². The van der Waals surface area contributed by atoms with Gasteiger partial charge in [-0.3, -0.25) is 4.79 Å². The van der Waals surface area contributed by atoms with E-state index in [-0.39, 0.29) is 21.7 Å². The number of pyridine rings is 1. The van der Waals surface area contributed by atoms with Crippen molar-refractivity contribution in [1.82, 2.24) is 9.88 Å². The number of benzene rings is 2. The molecular weight excluding hydrogens is 395 g/mol. The van der Waals surface area contributed by atoms with Crippen molar-refractivity contribution in [3.63, 3.8) is 0 Å². The molecule has 3 rings (SSSR count). The van der Waals surface area contributed by atoms with Crippen LogP contribution in [-0.2, 0) is 0 Å². The van der Waals surface area contributed by atoms with Crippen molar-refractivity contribution in [3.05, 3.63) is 74.9 Å². The highest BCUT2D eigenvalue weighted by atomic mass is 35.5. The maximum Gasteiger partial charge on any atom is 0.322 e. The number of aromatic amines is 1. The fourth-order valence-corrected chi connectivity index (χ4v) is 2.91. The van der Waals surface area contributed by atoms with Gasteiger partial charge in [0.2, 0.25) is 0 Å². The highest BCUT2D eigenvalue weighted by molar-refractivity contribution is 6.31. The molecule has 1 unspecified atom stereocenters. The number of amides is 2. The average molecular weight is 413 g/mol. The van der Waals surface area contributed by atoms with Crippen molar-refractivity contribution >= 4 is 34.1 Å². The van der Waals surface area contributed by atoms with Crippen LogP contribution >= 0.6 is 11.6 Å². The minimum absolute atomic E-state index is 0.0392. The van der Waals surface area contributed by atoms with E-state index in [9.17, 15) is 22.8 Å². The summed E-state index contributed by atoms with van der Waals surface area (Å²) in [6.45, 7) is -1.62. The molecule has 146 valence electrons. The third-order valence-corrected chi connectivity index (χ3v) is 4.51. The first-order valence-corrected chi connectivity index (χ1v) is 8.34. The second-order valence-electron chi connectivity index (χ2n) is 5.96. The van der Waals surface area contributed by atoms with E-state index >= 15 is 0 Å². The van der Waals surface area contributed by atoms with Crippen LogP contribution in [0.15, 0.2) is 41.3 Å². The molecule has 0 saturated heterocycles. The molecule has 0 spiro atoms. The van der Waals surface area contributed by atoms with Gasteiger partial charge >= 0.3 is 6.03 Å². The number of hydrogen-bond donors (Lipinski definition) is 2. The molecule has 0 saturated carbocycles. The van der Waals surface area contributed by atoms with Crippen LogP contribution in [0.4, 0.5) is 23.7 Å². The predicted molar refractivity (Wildman–Crippen MR) is 101 cm³/mol. The molecule has 28 heavy (non-hydrogen) atoms. The summed E-state index contributed by atoms with van der Waals surface area (Å²) in [5.41, 5.74) is -0.803. The quantitative estimate of drug-likeness (QED) is 0.647. The third kappa shape index (κ3) is 3.55. The normalized spacial score (nSPS) is 14.1. The second kappa shape index (κ2) is 7.55.